The van der Waals surface area contributed by atoms with Gasteiger partial charge < -0.3 is 0 Å². The van der Waals surface area contributed by atoms with Crippen LogP contribution >= 0.6 is 0 Å². The van der Waals surface area contributed by atoms with Gasteiger partial charge in [0.15, 0.2) is 8.96 Å². The van der Waals surface area contributed by atoms with Gasteiger partial charge in [-0.1, -0.05) is 13.1 Å². The van der Waals surface area contributed by atoms with Gasteiger partial charge in [0.25, 0.3) is 0 Å². The Morgan fingerprint density at radius 1 is 1.43 bits per heavy atom. The summed E-state index contributed by atoms with van der Waals surface area (Å²) in [6.07, 6.45) is 0. The van der Waals surface area contributed by atoms with Crippen LogP contribution in [0.25, 0.3) is 0 Å². The standard InChI is InChI=1S/C4H10N2Si/c1-5-4-6-7(2)3/h7H,1-3H3. The van der Waals surface area contributed by atoms with Gasteiger partial charge in [0, 0.05) is 7.05 Å². The number of hydrogen-bond acceptors (Lipinski definition) is 2. The Labute approximate surface area is 45.7 Å². The molecule has 0 bridgehead atoms. The molecule has 0 saturated carbocycles. The van der Waals surface area contributed by atoms with E-state index in [1.54, 1.807) is 7.05 Å². The molecule has 0 aromatic rings. The largest absolute Gasteiger partial charge is 0.271 e. The van der Waals surface area contributed by atoms with E-state index in [9.17, 15) is 0 Å². The molecule has 7 heavy (non-hydrogen) atoms. The summed E-state index contributed by atoms with van der Waals surface area (Å²) in [6, 6.07) is 2.56. The van der Waals surface area contributed by atoms with Crippen LogP contribution in [0.15, 0.2) is 9.65 Å². The molecule has 0 aromatic heterocycles. The number of rotatable bonds is 1. The van der Waals surface area contributed by atoms with Gasteiger partial charge in [-0.2, -0.15) is 0 Å². The maximum absolute atomic E-state index is 3.97. The summed E-state index contributed by atoms with van der Waals surface area (Å²) in [5.74, 6) is 0. The van der Waals surface area contributed by atoms with Crippen molar-refractivity contribution in [2.45, 2.75) is 13.1 Å². The highest BCUT2D eigenvalue weighted by atomic mass is 28.3. The first-order chi connectivity index (χ1) is 3.27. The Bertz CT molecular complexity index is 91.9. The van der Waals surface area contributed by atoms with E-state index in [2.05, 4.69) is 28.8 Å². The Morgan fingerprint density at radius 2 is 2.00 bits per heavy atom. The van der Waals surface area contributed by atoms with E-state index in [4.69, 9.17) is 0 Å². The first-order valence-corrected chi connectivity index (χ1v) is 5.13. The Hall–Kier alpha value is -0.403. The molecule has 0 aliphatic rings. The van der Waals surface area contributed by atoms with Gasteiger partial charge in [-0.25, -0.2) is 4.99 Å². The van der Waals surface area contributed by atoms with Crippen LogP contribution in [0, 0.1) is 0 Å². The highest BCUT2D eigenvalue weighted by molar-refractivity contribution is 6.54. The molecule has 0 N–H and O–H groups in total. The second-order valence-corrected chi connectivity index (χ2v) is 3.99. The minimum atomic E-state index is -0.768. The van der Waals surface area contributed by atoms with Crippen molar-refractivity contribution in [2.75, 3.05) is 7.05 Å². The molecular weight excluding hydrogens is 104 g/mol. The first-order valence-electron chi connectivity index (χ1n) is 2.31. The maximum Gasteiger partial charge on any atom is 0.174 e. The van der Waals surface area contributed by atoms with Crippen LogP contribution in [0.3, 0.4) is 0 Å². The van der Waals surface area contributed by atoms with Crippen molar-refractivity contribution in [3.63, 3.8) is 0 Å². The molecule has 0 heterocycles. The topological polar surface area (TPSA) is 24.7 Å². The number of nitrogens with zero attached hydrogens (tertiary/aromatic N) is 2. The summed E-state index contributed by atoms with van der Waals surface area (Å²) in [4.78, 5) is 3.59. The average molecular weight is 114 g/mol. The Kier molecular flexibility index (Phi) is 3.56. The van der Waals surface area contributed by atoms with Crippen molar-refractivity contribution in [1.82, 2.24) is 0 Å². The summed E-state index contributed by atoms with van der Waals surface area (Å²) in [6.45, 7) is 4.25. The molecule has 0 amide bonds. The van der Waals surface area contributed by atoms with E-state index in [1.807, 2.05) is 0 Å². The molecule has 0 fully saturated rings. The fourth-order valence-electron chi connectivity index (χ4n) is 0.173. The zero-order valence-corrected chi connectivity index (χ0v) is 6.13. The molecule has 0 aliphatic carbocycles. The molecular formula is C4H10N2Si. The van der Waals surface area contributed by atoms with Gasteiger partial charge in [-0.3, -0.25) is 4.66 Å². The first kappa shape index (κ1) is 6.60. The molecule has 0 atom stereocenters. The maximum atomic E-state index is 3.97. The van der Waals surface area contributed by atoms with Gasteiger partial charge in [0.1, 0.15) is 0 Å². The predicted octanol–water partition coefficient (Wildman–Crippen LogP) is 0.774. The average Bonchev–Trinajstić information content (AvgIpc) is 1.61. The number of hydrogen-bond donors (Lipinski definition) is 0. The van der Waals surface area contributed by atoms with Crippen molar-refractivity contribution in [3.05, 3.63) is 0 Å². The zero-order valence-electron chi connectivity index (χ0n) is 4.97. The predicted molar refractivity (Wildman–Crippen MR) is 34.7 cm³/mol. The minimum absolute atomic E-state index is 0.768. The van der Waals surface area contributed by atoms with E-state index in [0.29, 0.717) is 0 Å². The van der Waals surface area contributed by atoms with Crippen LogP contribution in [-0.2, 0) is 0 Å². The lowest BCUT2D eigenvalue weighted by Crippen LogP contribution is -1.91. The molecule has 0 unspecified atom stereocenters. The SMILES string of the molecule is CN=C=N[SiH](C)C. The highest BCUT2D eigenvalue weighted by Gasteiger charge is 1.82. The third-order valence-corrected chi connectivity index (χ3v) is 1.05. The fraction of sp³-hybridized carbons (Fsp3) is 0.750. The van der Waals surface area contributed by atoms with Gasteiger partial charge in [0.2, 0.25) is 0 Å². The number of aliphatic imine (C=N–C) groups is 1. The van der Waals surface area contributed by atoms with E-state index >= 15 is 0 Å². The van der Waals surface area contributed by atoms with E-state index in [0.717, 1.165) is 0 Å². The summed E-state index contributed by atoms with van der Waals surface area (Å²) < 4.78 is 3.97. The third-order valence-electron chi connectivity index (χ3n) is 0.416. The Morgan fingerprint density at radius 3 is 2.14 bits per heavy atom. The molecule has 0 aromatic carbocycles. The lowest BCUT2D eigenvalue weighted by atomic mass is 11.4. The van der Waals surface area contributed by atoms with Crippen molar-refractivity contribution in [2.24, 2.45) is 9.65 Å². The molecule has 0 saturated heterocycles. The summed E-state index contributed by atoms with van der Waals surface area (Å²) in [5, 5.41) is 0. The summed E-state index contributed by atoms with van der Waals surface area (Å²) >= 11 is 0. The molecule has 3 heteroatoms. The smallest absolute Gasteiger partial charge is 0.174 e. The van der Waals surface area contributed by atoms with Gasteiger partial charge in [-0.15, -0.1) is 0 Å². The van der Waals surface area contributed by atoms with Crippen LogP contribution in [0.2, 0.25) is 13.1 Å². The van der Waals surface area contributed by atoms with Crippen molar-refractivity contribution < 1.29 is 0 Å². The van der Waals surface area contributed by atoms with Gasteiger partial charge in [0.05, 0.1) is 6.01 Å². The zero-order chi connectivity index (χ0) is 5.70. The van der Waals surface area contributed by atoms with Crippen LogP contribution in [0.1, 0.15) is 0 Å². The van der Waals surface area contributed by atoms with Gasteiger partial charge >= 0.3 is 0 Å². The Balaban J connectivity index is 3.46. The van der Waals surface area contributed by atoms with Crippen LogP contribution in [0.5, 0.6) is 0 Å². The highest BCUT2D eigenvalue weighted by Crippen LogP contribution is 1.74. The van der Waals surface area contributed by atoms with E-state index in [-0.39, 0.29) is 0 Å². The molecule has 0 radical (unpaired) electrons. The van der Waals surface area contributed by atoms with Crippen LogP contribution < -0.4 is 0 Å². The molecule has 0 spiro atoms. The fourth-order valence-corrected chi connectivity index (χ4v) is 0.520. The van der Waals surface area contributed by atoms with E-state index in [1.165, 1.54) is 0 Å². The summed E-state index contributed by atoms with van der Waals surface area (Å²) in [7, 11) is 0.913. The quantitative estimate of drug-likeness (QED) is 0.355. The molecule has 2 nitrogen and oxygen atoms in total. The van der Waals surface area contributed by atoms with Crippen molar-refractivity contribution >= 4 is 15.0 Å². The van der Waals surface area contributed by atoms with Crippen LogP contribution in [-0.4, -0.2) is 22.0 Å². The second-order valence-electron chi connectivity index (χ2n) is 1.55. The lowest BCUT2D eigenvalue weighted by Gasteiger charge is -1.81. The lowest BCUT2D eigenvalue weighted by molar-refractivity contribution is 1.47. The minimum Gasteiger partial charge on any atom is -0.271 e. The van der Waals surface area contributed by atoms with Gasteiger partial charge in [-0.05, 0) is 0 Å². The second kappa shape index (κ2) is 3.78. The monoisotopic (exact) mass is 114 g/mol. The van der Waals surface area contributed by atoms with E-state index < -0.39 is 8.96 Å². The molecule has 0 aliphatic heterocycles. The van der Waals surface area contributed by atoms with Crippen molar-refractivity contribution in [1.29, 1.82) is 0 Å². The molecule has 40 valence electrons. The van der Waals surface area contributed by atoms with Crippen LogP contribution in [0.4, 0.5) is 0 Å². The molecule has 0 rings (SSSR count). The summed E-state index contributed by atoms with van der Waals surface area (Å²) in [5.41, 5.74) is 0. The normalized spacial score (nSPS) is 8.00. The third kappa shape index (κ3) is 5.60. The van der Waals surface area contributed by atoms with Crippen molar-refractivity contribution in [3.8, 4) is 0 Å².